The number of carboxylic acids is 1. The molecule has 1 fully saturated rings. The third-order valence-corrected chi connectivity index (χ3v) is 2.68. The van der Waals surface area contributed by atoms with Crippen LogP contribution >= 0.6 is 0 Å². The van der Waals surface area contributed by atoms with Crippen LogP contribution < -0.4 is 5.32 Å². The Kier molecular flexibility index (Phi) is 3.08. The van der Waals surface area contributed by atoms with E-state index in [1.54, 1.807) is 0 Å². The number of nitrogens with one attached hydrogen (secondary N) is 1. The summed E-state index contributed by atoms with van der Waals surface area (Å²) in [5.74, 6) is -1.95. The zero-order valence-corrected chi connectivity index (χ0v) is 9.07. The van der Waals surface area contributed by atoms with Gasteiger partial charge in [0.2, 0.25) is 5.91 Å². The second-order valence-corrected chi connectivity index (χ2v) is 4.16. The first-order chi connectivity index (χ1) is 8.08. The number of halogens is 1. The lowest BCUT2D eigenvalue weighted by atomic mass is 10.1. The molecule has 0 saturated heterocycles. The summed E-state index contributed by atoms with van der Waals surface area (Å²) in [5.41, 5.74) is -0.472. The molecule has 2 rings (SSSR count). The van der Waals surface area contributed by atoms with Crippen LogP contribution in [0.4, 0.5) is 10.1 Å². The SMILES string of the molecule is O=C(CC1CC1)Nc1c(F)cccc1C(=O)O. The third-order valence-electron chi connectivity index (χ3n) is 2.68. The van der Waals surface area contributed by atoms with Gasteiger partial charge in [-0.25, -0.2) is 9.18 Å². The van der Waals surface area contributed by atoms with Crippen molar-refractivity contribution in [1.82, 2.24) is 0 Å². The highest BCUT2D eigenvalue weighted by Crippen LogP contribution is 2.32. The lowest BCUT2D eigenvalue weighted by Crippen LogP contribution is -2.16. The van der Waals surface area contributed by atoms with E-state index >= 15 is 0 Å². The first kappa shape index (κ1) is 11.6. The van der Waals surface area contributed by atoms with Crippen LogP contribution in [0.25, 0.3) is 0 Å². The molecular weight excluding hydrogens is 225 g/mol. The average Bonchev–Trinajstić information content (AvgIpc) is 3.04. The van der Waals surface area contributed by atoms with Gasteiger partial charge in [0.05, 0.1) is 11.3 Å². The number of hydrogen-bond acceptors (Lipinski definition) is 2. The fourth-order valence-electron chi connectivity index (χ4n) is 1.60. The zero-order chi connectivity index (χ0) is 12.4. The molecule has 1 amide bonds. The number of anilines is 1. The lowest BCUT2D eigenvalue weighted by Gasteiger charge is -2.09. The van der Waals surface area contributed by atoms with E-state index in [-0.39, 0.29) is 17.2 Å². The number of rotatable bonds is 4. The maximum atomic E-state index is 13.4. The number of amides is 1. The fourth-order valence-corrected chi connectivity index (χ4v) is 1.60. The Bertz CT molecular complexity index is 469. The maximum absolute atomic E-state index is 13.4. The van der Waals surface area contributed by atoms with Crippen molar-refractivity contribution in [2.24, 2.45) is 5.92 Å². The third kappa shape index (κ3) is 2.81. The molecule has 4 nitrogen and oxygen atoms in total. The Morgan fingerprint density at radius 2 is 2.12 bits per heavy atom. The number of hydrogen-bond donors (Lipinski definition) is 2. The minimum absolute atomic E-state index is 0.228. The predicted octanol–water partition coefficient (Wildman–Crippen LogP) is 2.26. The Morgan fingerprint density at radius 3 is 2.71 bits per heavy atom. The number of para-hydroxylation sites is 1. The van der Waals surface area contributed by atoms with E-state index in [1.807, 2.05) is 0 Å². The van der Waals surface area contributed by atoms with Crippen molar-refractivity contribution < 1.29 is 19.1 Å². The Morgan fingerprint density at radius 1 is 1.41 bits per heavy atom. The van der Waals surface area contributed by atoms with Crippen LogP contribution in [0.5, 0.6) is 0 Å². The van der Waals surface area contributed by atoms with E-state index in [2.05, 4.69) is 5.32 Å². The van der Waals surface area contributed by atoms with E-state index in [9.17, 15) is 14.0 Å². The molecule has 1 aromatic rings. The van der Waals surface area contributed by atoms with Gasteiger partial charge in [0.15, 0.2) is 0 Å². The van der Waals surface area contributed by atoms with Gasteiger partial charge in [0.1, 0.15) is 5.82 Å². The smallest absolute Gasteiger partial charge is 0.337 e. The molecule has 17 heavy (non-hydrogen) atoms. The number of benzene rings is 1. The number of aromatic carboxylic acids is 1. The summed E-state index contributed by atoms with van der Waals surface area (Å²) < 4.78 is 13.4. The maximum Gasteiger partial charge on any atom is 0.337 e. The molecule has 0 atom stereocenters. The van der Waals surface area contributed by atoms with Crippen molar-refractivity contribution >= 4 is 17.6 Å². The van der Waals surface area contributed by atoms with Gasteiger partial charge < -0.3 is 10.4 Å². The normalized spacial score (nSPS) is 14.4. The summed E-state index contributed by atoms with van der Waals surface area (Å²) in [6, 6.07) is 3.69. The van der Waals surface area contributed by atoms with E-state index in [0.717, 1.165) is 18.9 Å². The minimum Gasteiger partial charge on any atom is -0.478 e. The molecule has 5 heteroatoms. The number of carboxylic acid groups (broad SMARTS) is 1. The van der Waals surface area contributed by atoms with Gasteiger partial charge in [0.25, 0.3) is 0 Å². The van der Waals surface area contributed by atoms with E-state index in [1.165, 1.54) is 12.1 Å². The minimum atomic E-state index is -1.26. The predicted molar refractivity (Wildman–Crippen MR) is 59.3 cm³/mol. The Hall–Kier alpha value is -1.91. The van der Waals surface area contributed by atoms with Gasteiger partial charge in [0, 0.05) is 6.42 Å². The monoisotopic (exact) mass is 237 g/mol. The molecule has 1 aromatic carbocycles. The standard InChI is InChI=1S/C12H12FNO3/c13-9-3-1-2-8(12(16)17)11(9)14-10(15)6-7-4-5-7/h1-3,7H,4-6H2,(H,14,15)(H,16,17). The Balaban J connectivity index is 2.17. The number of carbonyl (C=O) groups excluding carboxylic acids is 1. The molecule has 1 aliphatic carbocycles. The molecule has 0 aromatic heterocycles. The quantitative estimate of drug-likeness (QED) is 0.844. The van der Waals surface area contributed by atoms with Gasteiger partial charge >= 0.3 is 5.97 Å². The molecule has 2 N–H and O–H groups in total. The second kappa shape index (κ2) is 4.53. The Labute approximate surface area is 97.4 Å². The summed E-state index contributed by atoms with van der Waals surface area (Å²) in [5, 5.41) is 11.2. The van der Waals surface area contributed by atoms with E-state index in [0.29, 0.717) is 12.3 Å². The van der Waals surface area contributed by atoms with Crippen molar-refractivity contribution in [2.75, 3.05) is 5.32 Å². The van der Waals surface area contributed by atoms with Crippen LogP contribution in [0.2, 0.25) is 0 Å². The van der Waals surface area contributed by atoms with Crippen LogP contribution in [0.15, 0.2) is 18.2 Å². The summed E-state index contributed by atoms with van der Waals surface area (Å²) in [6.07, 6.45) is 2.35. The molecule has 0 spiro atoms. The van der Waals surface area contributed by atoms with E-state index < -0.39 is 11.8 Å². The van der Waals surface area contributed by atoms with E-state index in [4.69, 9.17) is 5.11 Å². The fraction of sp³-hybridized carbons (Fsp3) is 0.333. The topological polar surface area (TPSA) is 66.4 Å². The highest BCUT2D eigenvalue weighted by atomic mass is 19.1. The summed E-state index contributed by atoms with van der Waals surface area (Å²) in [4.78, 5) is 22.4. The molecule has 1 aliphatic rings. The van der Waals surface area contributed by atoms with Crippen molar-refractivity contribution in [3.05, 3.63) is 29.6 Å². The molecule has 1 saturated carbocycles. The molecular formula is C12H12FNO3. The van der Waals surface area contributed by atoms with Gasteiger partial charge in [-0.05, 0) is 30.9 Å². The van der Waals surface area contributed by atoms with Crippen LogP contribution in [-0.2, 0) is 4.79 Å². The van der Waals surface area contributed by atoms with Crippen molar-refractivity contribution in [1.29, 1.82) is 0 Å². The molecule has 90 valence electrons. The van der Waals surface area contributed by atoms with Crippen molar-refractivity contribution in [2.45, 2.75) is 19.3 Å². The molecule has 0 unspecified atom stereocenters. The summed E-state index contributed by atoms with van der Waals surface area (Å²) in [7, 11) is 0. The highest BCUT2D eigenvalue weighted by molar-refractivity contribution is 6.00. The second-order valence-electron chi connectivity index (χ2n) is 4.16. The largest absolute Gasteiger partial charge is 0.478 e. The highest BCUT2D eigenvalue weighted by Gasteiger charge is 2.25. The molecule has 0 bridgehead atoms. The summed E-state index contributed by atoms with van der Waals surface area (Å²) in [6.45, 7) is 0. The van der Waals surface area contributed by atoms with Crippen LogP contribution in [0.1, 0.15) is 29.6 Å². The lowest BCUT2D eigenvalue weighted by molar-refractivity contribution is -0.116. The first-order valence-electron chi connectivity index (χ1n) is 5.39. The van der Waals surface area contributed by atoms with Crippen LogP contribution in [0.3, 0.4) is 0 Å². The summed E-state index contributed by atoms with van der Waals surface area (Å²) >= 11 is 0. The number of carbonyl (C=O) groups is 2. The average molecular weight is 237 g/mol. The van der Waals surface area contributed by atoms with Gasteiger partial charge in [-0.1, -0.05) is 6.07 Å². The molecule has 0 radical (unpaired) electrons. The molecule has 0 aliphatic heterocycles. The molecule has 0 heterocycles. The van der Waals surface area contributed by atoms with Gasteiger partial charge in [-0.2, -0.15) is 0 Å². The van der Waals surface area contributed by atoms with Crippen LogP contribution in [-0.4, -0.2) is 17.0 Å². The van der Waals surface area contributed by atoms with Crippen LogP contribution in [0, 0.1) is 11.7 Å². The first-order valence-corrected chi connectivity index (χ1v) is 5.39. The van der Waals surface area contributed by atoms with Gasteiger partial charge in [-0.15, -0.1) is 0 Å². The van der Waals surface area contributed by atoms with Gasteiger partial charge in [-0.3, -0.25) is 4.79 Å². The zero-order valence-electron chi connectivity index (χ0n) is 9.07. The van der Waals surface area contributed by atoms with Crippen molar-refractivity contribution in [3.63, 3.8) is 0 Å². The van der Waals surface area contributed by atoms with Crippen molar-refractivity contribution in [3.8, 4) is 0 Å².